The number of hydrogen-bond donors (Lipinski definition) is 0. The Balaban J connectivity index is 2.61. The maximum Gasteiger partial charge on any atom is 0.312 e. The van der Waals surface area contributed by atoms with Crippen LogP contribution in [-0.2, 0) is 16.1 Å². The summed E-state index contributed by atoms with van der Waals surface area (Å²) in [6, 6.07) is 3.42. The zero-order chi connectivity index (χ0) is 13.1. The molecule has 0 bridgehead atoms. The molecule has 4 heteroatoms. The van der Waals surface area contributed by atoms with Gasteiger partial charge in [0.1, 0.15) is 18.0 Å². The molecule has 0 saturated heterocycles. The number of carbonyl (C=O) groups is 1. The summed E-state index contributed by atoms with van der Waals surface area (Å²) in [4.78, 5) is 11.8. The molecule has 96 valence electrons. The Hall–Kier alpha value is -1.32. The molecule has 0 amide bonds. The minimum absolute atomic E-state index is 0.0468. The molecule has 0 saturated carbocycles. The molecular formula is C13H19FO3. The smallest absolute Gasteiger partial charge is 0.312 e. The molecule has 1 rings (SSSR count). The monoisotopic (exact) mass is 242 g/mol. The van der Waals surface area contributed by atoms with Crippen LogP contribution in [0.2, 0.25) is 0 Å². The third kappa shape index (κ3) is 3.88. The van der Waals surface area contributed by atoms with Crippen LogP contribution in [0.1, 0.15) is 33.5 Å². The van der Waals surface area contributed by atoms with Gasteiger partial charge in [0.05, 0.1) is 12.2 Å². The topological polar surface area (TPSA) is 39.4 Å². The van der Waals surface area contributed by atoms with Crippen molar-refractivity contribution in [1.29, 1.82) is 0 Å². The van der Waals surface area contributed by atoms with Crippen molar-refractivity contribution in [3.63, 3.8) is 0 Å². The van der Waals surface area contributed by atoms with Gasteiger partial charge >= 0.3 is 5.97 Å². The predicted molar refractivity (Wildman–Crippen MR) is 62.0 cm³/mol. The minimum Gasteiger partial charge on any atom is -0.466 e. The molecule has 1 unspecified atom stereocenters. The summed E-state index contributed by atoms with van der Waals surface area (Å²) in [5, 5.41) is 0. The van der Waals surface area contributed by atoms with Crippen LogP contribution in [0.5, 0.6) is 0 Å². The number of furan rings is 1. The van der Waals surface area contributed by atoms with Gasteiger partial charge in [-0.15, -0.1) is 0 Å². The largest absolute Gasteiger partial charge is 0.466 e. The first kappa shape index (κ1) is 13.7. The summed E-state index contributed by atoms with van der Waals surface area (Å²) in [6.45, 7) is 6.45. The van der Waals surface area contributed by atoms with Crippen LogP contribution in [0.3, 0.4) is 0 Å². The van der Waals surface area contributed by atoms with Crippen LogP contribution in [-0.4, -0.2) is 11.6 Å². The molecule has 1 aromatic heterocycles. The molecule has 0 radical (unpaired) electrons. The Morgan fingerprint density at radius 1 is 1.53 bits per heavy atom. The van der Waals surface area contributed by atoms with Crippen LogP contribution in [0.25, 0.3) is 0 Å². The summed E-state index contributed by atoms with van der Waals surface area (Å²) in [7, 11) is 0. The van der Waals surface area contributed by atoms with Crippen molar-refractivity contribution < 1.29 is 18.3 Å². The van der Waals surface area contributed by atoms with Crippen molar-refractivity contribution in [3.05, 3.63) is 24.2 Å². The van der Waals surface area contributed by atoms with Gasteiger partial charge in [-0.3, -0.25) is 4.79 Å². The highest BCUT2D eigenvalue weighted by atomic mass is 19.1. The minimum atomic E-state index is -1.59. The molecule has 0 aliphatic rings. The van der Waals surface area contributed by atoms with Gasteiger partial charge in [-0.1, -0.05) is 13.8 Å². The molecule has 3 nitrogen and oxygen atoms in total. The van der Waals surface area contributed by atoms with Crippen LogP contribution in [0.15, 0.2) is 22.8 Å². The fourth-order valence-electron chi connectivity index (χ4n) is 1.97. The van der Waals surface area contributed by atoms with Gasteiger partial charge in [-0.2, -0.15) is 0 Å². The number of halogens is 1. The van der Waals surface area contributed by atoms with E-state index in [1.807, 2.05) is 0 Å². The normalized spacial score (nSPS) is 13.8. The fourth-order valence-corrected chi connectivity index (χ4v) is 1.97. The summed E-state index contributed by atoms with van der Waals surface area (Å²) in [5.41, 5.74) is -1.59. The summed E-state index contributed by atoms with van der Waals surface area (Å²) in [6.07, 6.45) is 1.50. The van der Waals surface area contributed by atoms with Crippen molar-refractivity contribution >= 4 is 5.97 Å². The van der Waals surface area contributed by atoms with Crippen LogP contribution in [0, 0.1) is 11.8 Å². The van der Waals surface area contributed by atoms with E-state index in [9.17, 15) is 9.18 Å². The first-order valence-corrected chi connectivity index (χ1v) is 5.70. The van der Waals surface area contributed by atoms with E-state index < -0.39 is 17.6 Å². The first-order valence-electron chi connectivity index (χ1n) is 5.70. The SMILES string of the molecule is CC(C)C(C(=O)OCc1ccco1)C(C)(C)F. The van der Waals surface area contributed by atoms with Gasteiger partial charge in [-0.25, -0.2) is 4.39 Å². The second-order valence-corrected chi connectivity index (χ2v) is 4.97. The summed E-state index contributed by atoms with van der Waals surface area (Å²) in [5.74, 6) is -0.849. The van der Waals surface area contributed by atoms with Crippen molar-refractivity contribution in [3.8, 4) is 0 Å². The average molecular weight is 242 g/mol. The lowest BCUT2D eigenvalue weighted by Crippen LogP contribution is -2.38. The summed E-state index contributed by atoms with van der Waals surface area (Å²) < 4.78 is 24.0. The van der Waals surface area contributed by atoms with Crippen LogP contribution < -0.4 is 0 Å². The molecule has 0 aliphatic heterocycles. The van der Waals surface area contributed by atoms with Crippen LogP contribution >= 0.6 is 0 Å². The number of alkyl halides is 1. The Bertz CT molecular complexity index is 349. The van der Waals surface area contributed by atoms with E-state index >= 15 is 0 Å². The van der Waals surface area contributed by atoms with Crippen molar-refractivity contribution in [2.75, 3.05) is 0 Å². The molecule has 0 aromatic carbocycles. The van der Waals surface area contributed by atoms with E-state index in [1.165, 1.54) is 20.1 Å². The van der Waals surface area contributed by atoms with Gasteiger partial charge in [-0.05, 0) is 31.9 Å². The highest BCUT2D eigenvalue weighted by Gasteiger charge is 2.38. The fraction of sp³-hybridized carbons (Fsp3) is 0.615. The molecule has 1 heterocycles. The van der Waals surface area contributed by atoms with Gasteiger partial charge in [0.15, 0.2) is 0 Å². The molecule has 0 spiro atoms. The molecule has 1 atom stereocenters. The Labute approximate surface area is 101 Å². The third-order valence-electron chi connectivity index (χ3n) is 2.60. The zero-order valence-corrected chi connectivity index (χ0v) is 10.7. The highest BCUT2D eigenvalue weighted by molar-refractivity contribution is 5.74. The van der Waals surface area contributed by atoms with Gasteiger partial charge < -0.3 is 9.15 Å². The Morgan fingerprint density at radius 3 is 2.59 bits per heavy atom. The second-order valence-electron chi connectivity index (χ2n) is 4.97. The third-order valence-corrected chi connectivity index (χ3v) is 2.60. The Kier molecular flexibility index (Phi) is 4.32. The quantitative estimate of drug-likeness (QED) is 0.743. The molecule has 0 fully saturated rings. The van der Waals surface area contributed by atoms with Gasteiger partial charge in [0, 0.05) is 0 Å². The van der Waals surface area contributed by atoms with Gasteiger partial charge in [0.2, 0.25) is 0 Å². The van der Waals surface area contributed by atoms with E-state index in [1.54, 1.807) is 26.0 Å². The lowest BCUT2D eigenvalue weighted by atomic mass is 9.83. The number of hydrogen-bond acceptors (Lipinski definition) is 3. The number of esters is 1. The van der Waals surface area contributed by atoms with E-state index in [4.69, 9.17) is 9.15 Å². The number of ether oxygens (including phenoxy) is 1. The van der Waals surface area contributed by atoms with Crippen molar-refractivity contribution in [2.24, 2.45) is 11.8 Å². The molecule has 1 aromatic rings. The second kappa shape index (κ2) is 5.34. The van der Waals surface area contributed by atoms with Crippen LogP contribution in [0.4, 0.5) is 4.39 Å². The average Bonchev–Trinajstić information content (AvgIpc) is 2.63. The molecular weight excluding hydrogens is 223 g/mol. The number of carbonyl (C=O) groups excluding carboxylic acids is 1. The van der Waals surface area contributed by atoms with E-state index in [0.29, 0.717) is 5.76 Å². The molecule has 0 aliphatic carbocycles. The number of rotatable bonds is 5. The van der Waals surface area contributed by atoms with Crippen molar-refractivity contribution in [1.82, 2.24) is 0 Å². The maximum atomic E-state index is 13.9. The van der Waals surface area contributed by atoms with E-state index in [0.717, 1.165) is 0 Å². The lowest BCUT2D eigenvalue weighted by Gasteiger charge is -2.28. The standard InChI is InChI=1S/C13H19FO3/c1-9(2)11(13(3,4)14)12(15)17-8-10-6-5-7-16-10/h5-7,9,11H,8H2,1-4H3. The molecule has 0 N–H and O–H groups in total. The molecule has 17 heavy (non-hydrogen) atoms. The first-order chi connectivity index (χ1) is 7.82. The zero-order valence-electron chi connectivity index (χ0n) is 10.7. The Morgan fingerprint density at radius 2 is 2.18 bits per heavy atom. The van der Waals surface area contributed by atoms with E-state index in [2.05, 4.69) is 0 Å². The van der Waals surface area contributed by atoms with Crippen molar-refractivity contribution in [2.45, 2.75) is 40.0 Å². The van der Waals surface area contributed by atoms with E-state index in [-0.39, 0.29) is 12.5 Å². The maximum absolute atomic E-state index is 13.9. The summed E-state index contributed by atoms with van der Waals surface area (Å²) >= 11 is 0. The van der Waals surface area contributed by atoms with Gasteiger partial charge in [0.25, 0.3) is 0 Å². The highest BCUT2D eigenvalue weighted by Crippen LogP contribution is 2.29. The predicted octanol–water partition coefficient (Wildman–Crippen LogP) is 3.34. The lowest BCUT2D eigenvalue weighted by molar-refractivity contribution is -0.157.